The van der Waals surface area contributed by atoms with E-state index in [2.05, 4.69) is 31.3 Å². The Morgan fingerprint density at radius 1 is 0.615 bits per heavy atom. The lowest BCUT2D eigenvalue weighted by Gasteiger charge is -2.08. The van der Waals surface area contributed by atoms with E-state index < -0.39 is 0 Å². The predicted molar refractivity (Wildman–Crippen MR) is 103 cm³/mol. The average Bonchev–Trinajstić information content (AvgIpc) is 2.58. The van der Waals surface area contributed by atoms with E-state index in [1.165, 1.54) is 0 Å². The number of rotatable bonds is 0. The normalized spacial score (nSPS) is 20.6. The number of guanidine groups is 2. The lowest BCUT2D eigenvalue weighted by atomic mass is 10.2. The number of aliphatic imine (C=N–C) groups is 2. The molecule has 10 heteroatoms. The van der Waals surface area contributed by atoms with Crippen LogP contribution in [0.3, 0.4) is 0 Å². The number of urea groups is 2. The summed E-state index contributed by atoms with van der Waals surface area (Å²) < 4.78 is 0. The molecule has 0 fully saturated rings. The quantitative estimate of drug-likeness (QED) is 0.364. The molecule has 10 nitrogen and oxygen atoms in total. The van der Waals surface area contributed by atoms with Crippen LogP contribution in [0.1, 0.15) is 51.4 Å². The number of carbonyl (C=O) groups is 2. The molecule has 1 rings (SSSR count). The molecule has 1 heterocycles. The van der Waals surface area contributed by atoms with Gasteiger partial charge in [-0.3, -0.25) is 20.6 Å². The summed E-state index contributed by atoms with van der Waals surface area (Å²) in [5, 5.41) is 10.5. The fourth-order valence-corrected chi connectivity index (χ4v) is 2.38. The number of nitrogens with one attached hydrogen (secondary N) is 4. The van der Waals surface area contributed by atoms with Gasteiger partial charge in [0.2, 0.25) is 0 Å². The van der Waals surface area contributed by atoms with E-state index in [0.717, 1.165) is 51.4 Å². The second kappa shape index (κ2) is 13.7. The molecule has 1 aliphatic heterocycles. The molecule has 4 amide bonds. The first kappa shape index (κ1) is 21.5. The molecule has 8 N–H and O–H groups in total. The van der Waals surface area contributed by atoms with Gasteiger partial charge in [-0.2, -0.15) is 0 Å². The van der Waals surface area contributed by atoms with Crippen molar-refractivity contribution in [2.45, 2.75) is 51.4 Å². The molecule has 0 spiro atoms. The van der Waals surface area contributed by atoms with Crippen LogP contribution in [0, 0.1) is 0 Å². The van der Waals surface area contributed by atoms with Gasteiger partial charge in [-0.25, -0.2) is 9.59 Å². The largest absolute Gasteiger partial charge is 0.370 e. The van der Waals surface area contributed by atoms with Crippen molar-refractivity contribution in [2.24, 2.45) is 21.5 Å². The van der Waals surface area contributed by atoms with Crippen LogP contribution in [-0.4, -0.2) is 50.2 Å². The Balaban J connectivity index is 2.40. The molecule has 0 aliphatic carbocycles. The predicted octanol–water partition coefficient (Wildman–Crippen LogP) is 0.349. The SMILES string of the molecule is NC1=NCCCCCCNC(=O)NC(N)=NCCCCCCNC(=O)N1. The molecule has 0 radical (unpaired) electrons. The van der Waals surface area contributed by atoms with Gasteiger partial charge >= 0.3 is 12.1 Å². The fraction of sp³-hybridized carbons (Fsp3) is 0.750. The third-order valence-corrected chi connectivity index (χ3v) is 3.79. The highest BCUT2D eigenvalue weighted by Crippen LogP contribution is 2.00. The van der Waals surface area contributed by atoms with Gasteiger partial charge in [0.25, 0.3) is 0 Å². The van der Waals surface area contributed by atoms with Crippen molar-refractivity contribution in [3.63, 3.8) is 0 Å². The Labute approximate surface area is 154 Å². The Hall–Kier alpha value is -2.52. The molecular formula is C16H32N8O2. The topological polar surface area (TPSA) is 159 Å². The number of nitrogens with zero attached hydrogens (tertiary/aromatic N) is 2. The van der Waals surface area contributed by atoms with Gasteiger partial charge in [0.05, 0.1) is 0 Å². The second-order valence-electron chi connectivity index (χ2n) is 6.12. The van der Waals surface area contributed by atoms with E-state index in [4.69, 9.17) is 11.5 Å². The zero-order valence-electron chi connectivity index (χ0n) is 15.4. The highest BCUT2D eigenvalue weighted by Gasteiger charge is 2.03. The molecule has 0 atom stereocenters. The Morgan fingerprint density at radius 3 is 1.42 bits per heavy atom. The number of carbonyl (C=O) groups excluding carboxylic acids is 2. The molecule has 0 aromatic carbocycles. The van der Waals surface area contributed by atoms with Gasteiger partial charge < -0.3 is 22.1 Å². The van der Waals surface area contributed by atoms with Crippen molar-refractivity contribution in [1.82, 2.24) is 21.3 Å². The summed E-state index contributed by atoms with van der Waals surface area (Å²) >= 11 is 0. The van der Waals surface area contributed by atoms with Crippen molar-refractivity contribution in [3.05, 3.63) is 0 Å². The van der Waals surface area contributed by atoms with E-state index in [1.807, 2.05) is 0 Å². The van der Waals surface area contributed by atoms with E-state index >= 15 is 0 Å². The summed E-state index contributed by atoms with van der Waals surface area (Å²) in [6.07, 6.45) is 7.34. The molecule has 0 saturated heterocycles. The van der Waals surface area contributed by atoms with E-state index in [0.29, 0.717) is 26.2 Å². The van der Waals surface area contributed by atoms with Crippen molar-refractivity contribution < 1.29 is 9.59 Å². The number of hydrogen-bond acceptors (Lipinski definition) is 6. The summed E-state index contributed by atoms with van der Waals surface area (Å²) in [6, 6.07) is -0.653. The van der Waals surface area contributed by atoms with E-state index in [1.54, 1.807) is 0 Å². The molecule has 0 aromatic heterocycles. The van der Waals surface area contributed by atoms with Crippen LogP contribution in [0.4, 0.5) is 9.59 Å². The Morgan fingerprint density at radius 2 is 1.00 bits per heavy atom. The van der Waals surface area contributed by atoms with Crippen molar-refractivity contribution in [1.29, 1.82) is 0 Å². The molecule has 0 saturated carbocycles. The van der Waals surface area contributed by atoms with Crippen LogP contribution in [0.15, 0.2) is 9.98 Å². The smallest absolute Gasteiger partial charge is 0.321 e. The van der Waals surface area contributed by atoms with Crippen LogP contribution in [0.5, 0.6) is 0 Å². The Kier molecular flexibility index (Phi) is 11.4. The Bertz CT molecular complexity index is 449. The summed E-state index contributed by atoms with van der Waals surface area (Å²) in [5.74, 6) is 0.275. The zero-order valence-corrected chi connectivity index (χ0v) is 15.4. The summed E-state index contributed by atoms with van der Waals surface area (Å²) in [4.78, 5) is 31.5. The minimum Gasteiger partial charge on any atom is -0.370 e. The number of nitrogens with two attached hydrogens (primary N) is 2. The van der Waals surface area contributed by atoms with Gasteiger partial charge in [-0.1, -0.05) is 25.7 Å². The summed E-state index contributed by atoms with van der Waals surface area (Å²) in [5.41, 5.74) is 11.3. The van der Waals surface area contributed by atoms with Gasteiger partial charge in [0.1, 0.15) is 0 Å². The molecular weight excluding hydrogens is 336 g/mol. The molecule has 0 unspecified atom stereocenters. The first-order valence-corrected chi connectivity index (χ1v) is 9.27. The first-order valence-electron chi connectivity index (χ1n) is 9.27. The molecule has 0 aromatic rings. The van der Waals surface area contributed by atoms with Gasteiger partial charge in [-0.05, 0) is 25.7 Å². The highest BCUT2D eigenvalue weighted by molar-refractivity contribution is 5.95. The maximum atomic E-state index is 11.6. The summed E-state index contributed by atoms with van der Waals surface area (Å²) in [7, 11) is 0. The highest BCUT2D eigenvalue weighted by atomic mass is 16.2. The molecule has 1 aliphatic rings. The molecule has 26 heavy (non-hydrogen) atoms. The van der Waals surface area contributed by atoms with Gasteiger partial charge in [0, 0.05) is 26.2 Å². The van der Waals surface area contributed by atoms with Gasteiger partial charge in [0.15, 0.2) is 11.9 Å². The van der Waals surface area contributed by atoms with Crippen molar-refractivity contribution in [2.75, 3.05) is 26.2 Å². The summed E-state index contributed by atoms with van der Waals surface area (Å²) in [6.45, 7) is 2.28. The molecule has 148 valence electrons. The minimum absolute atomic E-state index is 0.137. The van der Waals surface area contributed by atoms with Crippen LogP contribution in [0.2, 0.25) is 0 Å². The second-order valence-corrected chi connectivity index (χ2v) is 6.12. The monoisotopic (exact) mass is 368 g/mol. The molecule has 0 bridgehead atoms. The standard InChI is InChI=1S/C16H32N8O2/c17-13-19-9-5-1-3-7-11-21-15(25)24-14(18)20-10-6-2-4-8-12-22-16(26)23-13/h1-12H2,(H4,17,19,22,23,26)(H4,18,20,21,24,25). The van der Waals surface area contributed by atoms with Crippen LogP contribution < -0.4 is 32.7 Å². The van der Waals surface area contributed by atoms with Crippen molar-refractivity contribution in [3.8, 4) is 0 Å². The number of hydrogen-bond donors (Lipinski definition) is 6. The van der Waals surface area contributed by atoms with Crippen molar-refractivity contribution >= 4 is 24.0 Å². The van der Waals surface area contributed by atoms with Crippen LogP contribution in [0.25, 0.3) is 0 Å². The fourth-order valence-electron chi connectivity index (χ4n) is 2.38. The number of amides is 4. The first-order chi connectivity index (χ1) is 12.6. The zero-order chi connectivity index (χ0) is 19.0. The third kappa shape index (κ3) is 11.9. The van der Waals surface area contributed by atoms with Crippen LogP contribution >= 0.6 is 0 Å². The lowest BCUT2D eigenvalue weighted by Crippen LogP contribution is -2.43. The maximum absolute atomic E-state index is 11.6. The third-order valence-electron chi connectivity index (χ3n) is 3.79. The van der Waals surface area contributed by atoms with E-state index in [9.17, 15) is 9.59 Å². The van der Waals surface area contributed by atoms with Gasteiger partial charge in [-0.15, -0.1) is 0 Å². The maximum Gasteiger partial charge on any atom is 0.321 e. The van der Waals surface area contributed by atoms with Crippen LogP contribution in [-0.2, 0) is 0 Å². The minimum atomic E-state index is -0.326. The average molecular weight is 368 g/mol. The lowest BCUT2D eigenvalue weighted by molar-refractivity contribution is 0.244. The van der Waals surface area contributed by atoms with E-state index in [-0.39, 0.29) is 24.0 Å².